The van der Waals surface area contributed by atoms with Crippen molar-refractivity contribution in [1.82, 2.24) is 13.7 Å². The molecule has 0 spiro atoms. The van der Waals surface area contributed by atoms with Gasteiger partial charge in [-0.25, -0.2) is 0 Å². The van der Waals surface area contributed by atoms with Gasteiger partial charge in [-0.15, -0.1) is 0 Å². The van der Waals surface area contributed by atoms with Crippen molar-refractivity contribution in [3.8, 4) is 33.4 Å². The standard InChI is InChI=1S/C63H63N3O3/c1-4-7-10-13-34-64-55-31-28-49(46-22-16-43(40-67)17-23-46)37-52(55)58-61(64)59-53-38-50(47-24-18-44(41-68)19-25-47)29-32-56(53)65(35-14-11-8-5-2)63(59)60-54-39-51(48-26-20-45(42-69)21-27-48)30-33-57(54)66(62(58)60)36-15-12-9-6-3/h16-33,37-42H,4-15,34-36H2,1-3H3. The van der Waals surface area contributed by atoms with Gasteiger partial charge in [0.05, 0.1) is 16.6 Å². The molecule has 0 aliphatic heterocycles. The lowest BCUT2D eigenvalue weighted by Gasteiger charge is -2.13. The van der Waals surface area contributed by atoms with Gasteiger partial charge in [0.25, 0.3) is 0 Å². The zero-order chi connectivity index (χ0) is 47.4. The van der Waals surface area contributed by atoms with Crippen LogP contribution >= 0.6 is 0 Å². The van der Waals surface area contributed by atoms with Crippen LogP contribution in [0.2, 0.25) is 0 Å². The van der Waals surface area contributed by atoms with Crippen molar-refractivity contribution < 1.29 is 14.4 Å². The van der Waals surface area contributed by atoms with Crippen molar-refractivity contribution in [2.45, 2.75) is 117 Å². The van der Waals surface area contributed by atoms with E-state index in [1.165, 1.54) is 123 Å². The van der Waals surface area contributed by atoms with E-state index >= 15 is 0 Å². The molecule has 0 amide bonds. The number of hydrogen-bond acceptors (Lipinski definition) is 3. The first kappa shape index (κ1) is 45.7. The maximum atomic E-state index is 11.8. The molecule has 0 aliphatic carbocycles. The molecule has 69 heavy (non-hydrogen) atoms. The second-order valence-corrected chi connectivity index (χ2v) is 19.2. The van der Waals surface area contributed by atoms with Gasteiger partial charge in [-0.3, -0.25) is 14.4 Å². The van der Waals surface area contributed by atoms with Gasteiger partial charge < -0.3 is 13.7 Å². The van der Waals surface area contributed by atoms with Crippen molar-refractivity contribution in [3.05, 3.63) is 144 Å². The lowest BCUT2D eigenvalue weighted by molar-refractivity contribution is 0.111. The number of rotatable bonds is 21. The number of carbonyl (C=O) groups is 3. The van der Waals surface area contributed by atoms with Crippen LogP contribution in [0.5, 0.6) is 0 Å². The molecule has 0 unspecified atom stereocenters. The lowest BCUT2D eigenvalue weighted by atomic mass is 9.97. The van der Waals surface area contributed by atoms with E-state index in [-0.39, 0.29) is 0 Å². The van der Waals surface area contributed by atoms with Crippen LogP contribution in [0.4, 0.5) is 0 Å². The Morgan fingerprint density at radius 3 is 0.826 bits per heavy atom. The van der Waals surface area contributed by atoms with Crippen molar-refractivity contribution in [2.75, 3.05) is 0 Å². The smallest absolute Gasteiger partial charge is 0.150 e. The second kappa shape index (κ2) is 20.3. The number of benzene rings is 7. The highest BCUT2D eigenvalue weighted by molar-refractivity contribution is 6.40. The van der Waals surface area contributed by atoms with Crippen molar-refractivity contribution in [3.63, 3.8) is 0 Å². The van der Waals surface area contributed by atoms with E-state index in [9.17, 15) is 14.4 Å². The Balaban J connectivity index is 1.41. The fourth-order valence-electron chi connectivity index (χ4n) is 11.2. The summed E-state index contributed by atoms with van der Waals surface area (Å²) in [5.74, 6) is 0. The zero-order valence-corrected chi connectivity index (χ0v) is 40.5. The number of nitrogens with zero attached hydrogens (tertiary/aromatic N) is 3. The van der Waals surface area contributed by atoms with Crippen LogP contribution in [0.25, 0.3) is 98.8 Å². The number of carbonyl (C=O) groups excluding carboxylic acids is 3. The fourth-order valence-corrected chi connectivity index (χ4v) is 11.2. The Morgan fingerprint density at radius 2 is 0.580 bits per heavy atom. The monoisotopic (exact) mass is 909 g/mol. The average molecular weight is 910 g/mol. The van der Waals surface area contributed by atoms with Crippen LogP contribution in [-0.4, -0.2) is 32.6 Å². The number of unbranched alkanes of at least 4 members (excludes halogenated alkanes) is 9. The van der Waals surface area contributed by atoms with E-state index in [1.807, 2.05) is 36.4 Å². The summed E-state index contributed by atoms with van der Waals surface area (Å²) in [5, 5.41) is 7.62. The van der Waals surface area contributed by atoms with Gasteiger partial charge in [-0.05, 0) is 89.0 Å². The molecule has 0 radical (unpaired) electrons. The molecular weight excluding hydrogens is 847 g/mol. The van der Waals surface area contributed by atoms with E-state index in [0.29, 0.717) is 16.7 Å². The molecular formula is C63H63N3O3. The normalized spacial score (nSPS) is 11.9. The number of aldehydes is 3. The number of aromatic nitrogens is 3. The average Bonchev–Trinajstić information content (AvgIpc) is 4.02. The topological polar surface area (TPSA) is 66.0 Å². The molecule has 6 nitrogen and oxygen atoms in total. The summed E-state index contributed by atoms with van der Waals surface area (Å²) >= 11 is 0. The summed E-state index contributed by atoms with van der Waals surface area (Å²) in [5.41, 5.74) is 16.3. The highest BCUT2D eigenvalue weighted by Gasteiger charge is 2.28. The second-order valence-electron chi connectivity index (χ2n) is 19.2. The Labute approximate surface area is 405 Å². The first-order valence-electron chi connectivity index (χ1n) is 25.7. The molecule has 3 heterocycles. The summed E-state index contributed by atoms with van der Waals surface area (Å²) in [6.07, 6.45) is 16.6. The van der Waals surface area contributed by atoms with Crippen LogP contribution in [0.1, 0.15) is 129 Å². The third-order valence-corrected chi connectivity index (χ3v) is 14.7. The maximum absolute atomic E-state index is 11.8. The van der Waals surface area contributed by atoms with Gasteiger partial charge in [-0.2, -0.15) is 0 Å². The lowest BCUT2D eigenvalue weighted by Crippen LogP contribution is -2.01. The molecule has 0 aliphatic rings. The zero-order valence-electron chi connectivity index (χ0n) is 40.5. The van der Waals surface area contributed by atoms with Gasteiger partial charge >= 0.3 is 0 Å². The van der Waals surface area contributed by atoms with Gasteiger partial charge in [0.2, 0.25) is 0 Å². The Bertz CT molecular complexity index is 3090. The molecule has 348 valence electrons. The third kappa shape index (κ3) is 8.49. The highest BCUT2D eigenvalue weighted by Crippen LogP contribution is 2.50. The minimum atomic E-state index is 0.671. The van der Waals surface area contributed by atoms with Crippen LogP contribution in [0.15, 0.2) is 127 Å². The molecule has 10 aromatic rings. The van der Waals surface area contributed by atoms with Crippen LogP contribution < -0.4 is 0 Å². The molecule has 0 bridgehead atoms. The van der Waals surface area contributed by atoms with E-state index in [1.54, 1.807) is 0 Å². The van der Waals surface area contributed by atoms with E-state index < -0.39 is 0 Å². The van der Waals surface area contributed by atoms with E-state index in [0.717, 1.165) is 91.1 Å². The van der Waals surface area contributed by atoms with Crippen LogP contribution in [-0.2, 0) is 19.6 Å². The summed E-state index contributed by atoms with van der Waals surface area (Å²) < 4.78 is 8.02. The SMILES string of the molecule is CCCCCCn1c2ccc(-c3ccc(C=O)cc3)cc2c2c1c1c3cc(-c4ccc(C=O)cc4)ccc3n(CCCCCC)c1c1c3cc(-c4ccc(C=O)cc4)ccc3n(CCCCCC)c21. The predicted molar refractivity (Wildman–Crippen MR) is 290 cm³/mol. The summed E-state index contributed by atoms with van der Waals surface area (Å²) in [7, 11) is 0. The maximum Gasteiger partial charge on any atom is 0.150 e. The van der Waals surface area contributed by atoms with E-state index in [4.69, 9.17) is 0 Å². The number of fused-ring (bicyclic) bond motifs is 12. The van der Waals surface area contributed by atoms with Crippen molar-refractivity contribution in [1.29, 1.82) is 0 Å². The van der Waals surface area contributed by atoms with Crippen molar-refractivity contribution >= 4 is 84.3 Å². The number of hydrogen-bond donors (Lipinski definition) is 0. The Morgan fingerprint density at radius 1 is 0.319 bits per heavy atom. The molecule has 7 aromatic carbocycles. The minimum absolute atomic E-state index is 0.671. The molecule has 3 aromatic heterocycles. The number of aryl methyl sites for hydroxylation is 3. The fraction of sp³-hybridized carbons (Fsp3) is 0.286. The molecule has 0 saturated heterocycles. The van der Waals surface area contributed by atoms with Crippen LogP contribution in [0.3, 0.4) is 0 Å². The van der Waals surface area contributed by atoms with Gasteiger partial charge in [-0.1, -0.05) is 170 Å². The Kier molecular flexibility index (Phi) is 13.4. The molecule has 0 fully saturated rings. The van der Waals surface area contributed by atoms with Crippen molar-refractivity contribution in [2.24, 2.45) is 0 Å². The van der Waals surface area contributed by atoms with Gasteiger partial charge in [0, 0.05) is 85.2 Å². The quantitative estimate of drug-likeness (QED) is 0.0533. The summed E-state index contributed by atoms with van der Waals surface area (Å²) in [4.78, 5) is 35.3. The van der Waals surface area contributed by atoms with Crippen LogP contribution in [0, 0.1) is 0 Å². The first-order valence-corrected chi connectivity index (χ1v) is 25.7. The first-order chi connectivity index (χ1) is 34.0. The van der Waals surface area contributed by atoms with Gasteiger partial charge in [0.1, 0.15) is 18.9 Å². The minimum Gasteiger partial charge on any atom is -0.340 e. The molecule has 0 atom stereocenters. The van der Waals surface area contributed by atoms with E-state index in [2.05, 4.69) is 125 Å². The molecule has 6 heteroatoms. The highest BCUT2D eigenvalue weighted by atomic mass is 16.1. The third-order valence-electron chi connectivity index (χ3n) is 14.7. The predicted octanol–water partition coefficient (Wildman–Crippen LogP) is 17.2. The largest absolute Gasteiger partial charge is 0.340 e. The Hall–Kier alpha value is -7.05. The summed E-state index contributed by atoms with van der Waals surface area (Å²) in [6.45, 7) is 9.57. The summed E-state index contributed by atoms with van der Waals surface area (Å²) in [6, 6.07) is 45.1. The molecule has 10 rings (SSSR count). The molecule has 0 N–H and O–H groups in total. The molecule has 0 saturated carbocycles. The van der Waals surface area contributed by atoms with Gasteiger partial charge in [0.15, 0.2) is 0 Å².